The van der Waals surface area contributed by atoms with Crippen LogP contribution in [0.15, 0.2) is 41.3 Å². The highest BCUT2D eigenvalue weighted by Gasteiger charge is 2.18. The summed E-state index contributed by atoms with van der Waals surface area (Å²) in [5, 5.41) is 8.12. The SMILES string of the molecule is Cc1cc(C)c(S(N)(=O)=O)cc1C(=O)NCc1ccccc1CN(C)C. The molecule has 0 radical (unpaired) electrons. The number of rotatable bonds is 6. The Hall–Kier alpha value is -2.22. The van der Waals surface area contributed by atoms with Crippen LogP contribution in [-0.4, -0.2) is 33.3 Å². The Labute approximate surface area is 155 Å². The Morgan fingerprint density at radius 2 is 1.69 bits per heavy atom. The number of benzene rings is 2. The number of carbonyl (C=O) groups is 1. The van der Waals surface area contributed by atoms with Crippen LogP contribution in [0.1, 0.15) is 32.6 Å². The molecule has 0 fully saturated rings. The van der Waals surface area contributed by atoms with Gasteiger partial charge in [0.25, 0.3) is 5.91 Å². The van der Waals surface area contributed by atoms with Gasteiger partial charge < -0.3 is 10.2 Å². The summed E-state index contributed by atoms with van der Waals surface area (Å²) in [6, 6.07) is 10.9. The highest BCUT2D eigenvalue weighted by atomic mass is 32.2. The zero-order valence-electron chi connectivity index (χ0n) is 15.5. The lowest BCUT2D eigenvalue weighted by atomic mass is 10.0. The fourth-order valence-electron chi connectivity index (χ4n) is 2.88. The predicted octanol–water partition coefficient (Wildman–Crippen LogP) is 1.94. The van der Waals surface area contributed by atoms with E-state index in [0.717, 1.165) is 17.7 Å². The maximum absolute atomic E-state index is 12.6. The quantitative estimate of drug-likeness (QED) is 0.807. The van der Waals surface area contributed by atoms with Gasteiger partial charge in [0.2, 0.25) is 10.0 Å². The molecular weight excluding hydrogens is 350 g/mol. The number of nitrogens with two attached hydrogens (primary N) is 1. The molecule has 1 amide bonds. The summed E-state index contributed by atoms with van der Waals surface area (Å²) in [6.07, 6.45) is 0. The number of hydrogen-bond donors (Lipinski definition) is 2. The first-order valence-electron chi connectivity index (χ1n) is 8.23. The van der Waals surface area contributed by atoms with E-state index >= 15 is 0 Å². The second-order valence-corrected chi connectivity index (χ2v) is 8.20. The molecule has 2 aromatic carbocycles. The van der Waals surface area contributed by atoms with Crippen molar-refractivity contribution in [1.82, 2.24) is 10.2 Å². The third kappa shape index (κ3) is 4.91. The lowest BCUT2D eigenvalue weighted by molar-refractivity contribution is 0.0950. The third-order valence-electron chi connectivity index (χ3n) is 4.12. The molecule has 0 atom stereocenters. The van der Waals surface area contributed by atoms with Gasteiger partial charge >= 0.3 is 0 Å². The Bertz CT molecular complexity index is 922. The Morgan fingerprint density at radius 3 is 2.27 bits per heavy atom. The van der Waals surface area contributed by atoms with E-state index in [-0.39, 0.29) is 10.8 Å². The van der Waals surface area contributed by atoms with E-state index < -0.39 is 10.0 Å². The summed E-state index contributed by atoms with van der Waals surface area (Å²) in [6.45, 7) is 4.56. The third-order valence-corrected chi connectivity index (χ3v) is 5.17. The van der Waals surface area contributed by atoms with Crippen molar-refractivity contribution in [2.45, 2.75) is 31.8 Å². The van der Waals surface area contributed by atoms with Crippen LogP contribution in [0.3, 0.4) is 0 Å². The average molecular weight is 375 g/mol. The Morgan fingerprint density at radius 1 is 1.08 bits per heavy atom. The minimum Gasteiger partial charge on any atom is -0.348 e. The molecular formula is C19H25N3O3S. The number of sulfonamides is 1. The van der Waals surface area contributed by atoms with E-state index in [2.05, 4.69) is 10.2 Å². The number of amides is 1. The fourth-order valence-corrected chi connectivity index (χ4v) is 3.67. The molecule has 7 heteroatoms. The van der Waals surface area contributed by atoms with E-state index in [1.165, 1.54) is 6.07 Å². The number of carbonyl (C=O) groups excluding carboxylic acids is 1. The van der Waals surface area contributed by atoms with Crippen LogP contribution in [-0.2, 0) is 23.1 Å². The van der Waals surface area contributed by atoms with E-state index in [4.69, 9.17) is 5.14 Å². The lowest BCUT2D eigenvalue weighted by Gasteiger charge is -2.15. The molecule has 0 aliphatic rings. The Balaban J connectivity index is 2.24. The van der Waals surface area contributed by atoms with E-state index in [0.29, 0.717) is 23.2 Å². The molecule has 26 heavy (non-hydrogen) atoms. The van der Waals surface area contributed by atoms with Gasteiger partial charge in [-0.05, 0) is 56.3 Å². The molecule has 0 spiro atoms. The second-order valence-electron chi connectivity index (χ2n) is 6.67. The van der Waals surface area contributed by atoms with Crippen LogP contribution in [0.2, 0.25) is 0 Å². The molecule has 6 nitrogen and oxygen atoms in total. The molecule has 2 rings (SSSR count). The number of primary sulfonamides is 1. The summed E-state index contributed by atoms with van der Waals surface area (Å²) in [5.41, 5.74) is 3.69. The van der Waals surface area contributed by atoms with Gasteiger partial charge in [-0.25, -0.2) is 13.6 Å². The molecule has 0 saturated carbocycles. The minimum atomic E-state index is -3.88. The minimum absolute atomic E-state index is 0.0266. The summed E-state index contributed by atoms with van der Waals surface area (Å²) in [7, 11) is 0.0928. The van der Waals surface area contributed by atoms with Gasteiger partial charge in [-0.1, -0.05) is 30.3 Å². The van der Waals surface area contributed by atoms with Gasteiger partial charge in [0.05, 0.1) is 4.90 Å². The lowest BCUT2D eigenvalue weighted by Crippen LogP contribution is -2.25. The summed E-state index contributed by atoms with van der Waals surface area (Å²) in [5.74, 6) is -0.327. The maximum atomic E-state index is 12.6. The van der Waals surface area contributed by atoms with Crippen LogP contribution < -0.4 is 10.5 Å². The molecule has 3 N–H and O–H groups in total. The zero-order valence-corrected chi connectivity index (χ0v) is 16.4. The van der Waals surface area contributed by atoms with Gasteiger partial charge in [-0.3, -0.25) is 4.79 Å². The van der Waals surface area contributed by atoms with Crippen LogP contribution in [0, 0.1) is 13.8 Å². The van der Waals surface area contributed by atoms with E-state index in [1.807, 2.05) is 38.4 Å². The molecule has 0 heterocycles. The van der Waals surface area contributed by atoms with Crippen molar-refractivity contribution in [2.24, 2.45) is 5.14 Å². The van der Waals surface area contributed by atoms with Crippen LogP contribution in [0.5, 0.6) is 0 Å². The van der Waals surface area contributed by atoms with Gasteiger partial charge in [-0.2, -0.15) is 0 Å². The first-order chi connectivity index (χ1) is 12.1. The van der Waals surface area contributed by atoms with E-state index in [9.17, 15) is 13.2 Å². The Kier molecular flexibility index (Phi) is 6.17. The molecule has 2 aromatic rings. The molecule has 0 saturated heterocycles. The van der Waals surface area contributed by atoms with Crippen molar-refractivity contribution in [3.63, 3.8) is 0 Å². The van der Waals surface area contributed by atoms with Crippen molar-refractivity contribution in [3.8, 4) is 0 Å². The fraction of sp³-hybridized carbons (Fsp3) is 0.316. The smallest absolute Gasteiger partial charge is 0.251 e. The molecule has 0 aromatic heterocycles. The molecule has 0 bridgehead atoms. The van der Waals surface area contributed by atoms with Crippen molar-refractivity contribution < 1.29 is 13.2 Å². The van der Waals surface area contributed by atoms with Gasteiger partial charge in [-0.15, -0.1) is 0 Å². The van der Waals surface area contributed by atoms with Crippen LogP contribution >= 0.6 is 0 Å². The zero-order chi connectivity index (χ0) is 19.5. The highest BCUT2D eigenvalue weighted by Crippen LogP contribution is 2.20. The monoisotopic (exact) mass is 375 g/mol. The molecule has 0 aliphatic heterocycles. The van der Waals surface area contributed by atoms with Crippen molar-refractivity contribution in [1.29, 1.82) is 0 Å². The number of aryl methyl sites for hydroxylation is 2. The van der Waals surface area contributed by atoms with Gasteiger partial charge in [0.15, 0.2) is 0 Å². The van der Waals surface area contributed by atoms with Crippen LogP contribution in [0.25, 0.3) is 0 Å². The largest absolute Gasteiger partial charge is 0.348 e. The molecule has 0 unspecified atom stereocenters. The second kappa shape index (κ2) is 7.99. The topological polar surface area (TPSA) is 92.5 Å². The summed E-state index contributed by atoms with van der Waals surface area (Å²) >= 11 is 0. The molecule has 0 aliphatic carbocycles. The molecule has 140 valence electrons. The van der Waals surface area contributed by atoms with Gasteiger partial charge in [0, 0.05) is 18.7 Å². The van der Waals surface area contributed by atoms with Gasteiger partial charge in [0.1, 0.15) is 0 Å². The van der Waals surface area contributed by atoms with Crippen LogP contribution in [0.4, 0.5) is 0 Å². The average Bonchev–Trinajstić information content (AvgIpc) is 2.52. The highest BCUT2D eigenvalue weighted by molar-refractivity contribution is 7.89. The number of nitrogens with zero attached hydrogens (tertiary/aromatic N) is 1. The maximum Gasteiger partial charge on any atom is 0.251 e. The van der Waals surface area contributed by atoms with Crippen molar-refractivity contribution in [3.05, 3.63) is 64.2 Å². The summed E-state index contributed by atoms with van der Waals surface area (Å²) < 4.78 is 23.4. The predicted molar refractivity (Wildman–Crippen MR) is 102 cm³/mol. The standard InChI is InChI=1S/C19H25N3O3S/c1-13-9-14(2)18(26(20,24)25)10-17(13)19(23)21-11-15-7-5-6-8-16(15)12-22(3)4/h5-10H,11-12H2,1-4H3,(H,21,23)(H2,20,24,25). The number of nitrogens with one attached hydrogen (secondary N) is 1. The first-order valence-corrected chi connectivity index (χ1v) is 9.78. The van der Waals surface area contributed by atoms with Crippen molar-refractivity contribution in [2.75, 3.05) is 14.1 Å². The summed E-state index contributed by atoms with van der Waals surface area (Å²) in [4.78, 5) is 14.6. The normalized spacial score (nSPS) is 11.6. The number of hydrogen-bond acceptors (Lipinski definition) is 4. The van der Waals surface area contributed by atoms with Crippen molar-refractivity contribution >= 4 is 15.9 Å². The first kappa shape index (κ1) is 20.1. The van der Waals surface area contributed by atoms with E-state index in [1.54, 1.807) is 19.9 Å².